The Bertz CT molecular complexity index is 909. The highest BCUT2D eigenvalue weighted by Gasteiger charge is 2.20. The van der Waals surface area contributed by atoms with E-state index in [0.717, 1.165) is 5.01 Å². The number of thioether (sulfide) groups is 1. The van der Waals surface area contributed by atoms with E-state index < -0.39 is 5.25 Å². The molecule has 1 N–H and O–H groups in total. The zero-order valence-corrected chi connectivity index (χ0v) is 15.4. The largest absolute Gasteiger partial charge is 0.305 e. The van der Waals surface area contributed by atoms with Gasteiger partial charge in [-0.2, -0.15) is 0 Å². The van der Waals surface area contributed by atoms with E-state index in [1.54, 1.807) is 30.7 Å². The summed E-state index contributed by atoms with van der Waals surface area (Å²) >= 11 is 2.58. The Labute approximate surface area is 151 Å². The lowest BCUT2D eigenvalue weighted by Gasteiger charge is -2.10. The van der Waals surface area contributed by atoms with E-state index in [1.165, 1.54) is 35.2 Å². The molecule has 1 aromatic carbocycles. The summed E-state index contributed by atoms with van der Waals surface area (Å²) in [5, 5.41) is 20.1. The third-order valence-electron chi connectivity index (χ3n) is 3.33. The molecule has 1 atom stereocenters. The fraction of sp³-hybridized carbons (Fsp3) is 0.267. The average molecular weight is 378 g/mol. The Morgan fingerprint density at radius 2 is 2.12 bits per heavy atom. The van der Waals surface area contributed by atoms with E-state index in [2.05, 4.69) is 25.7 Å². The Kier molecular flexibility index (Phi) is 5.09. The molecule has 0 saturated heterocycles. The molecule has 0 unspecified atom stereocenters. The van der Waals surface area contributed by atoms with Gasteiger partial charge in [-0.25, -0.2) is 4.39 Å². The Morgan fingerprint density at radius 1 is 1.32 bits per heavy atom. The number of carbonyl (C=O) groups is 1. The topological polar surface area (TPSA) is 85.6 Å². The minimum Gasteiger partial charge on any atom is -0.305 e. The van der Waals surface area contributed by atoms with Crippen molar-refractivity contribution in [3.8, 4) is 11.4 Å². The molecule has 2 aromatic heterocycles. The van der Waals surface area contributed by atoms with Crippen LogP contribution in [0.2, 0.25) is 0 Å². The number of amides is 1. The van der Waals surface area contributed by atoms with Crippen LogP contribution in [0.3, 0.4) is 0 Å². The van der Waals surface area contributed by atoms with Crippen molar-refractivity contribution >= 4 is 34.1 Å². The van der Waals surface area contributed by atoms with Gasteiger partial charge in [0, 0.05) is 12.6 Å². The van der Waals surface area contributed by atoms with Gasteiger partial charge < -0.3 is 4.57 Å². The van der Waals surface area contributed by atoms with Crippen molar-refractivity contribution in [1.82, 2.24) is 25.0 Å². The Balaban J connectivity index is 1.71. The van der Waals surface area contributed by atoms with Crippen LogP contribution in [0.25, 0.3) is 11.4 Å². The molecule has 130 valence electrons. The van der Waals surface area contributed by atoms with Gasteiger partial charge in [-0.15, -0.1) is 20.4 Å². The van der Waals surface area contributed by atoms with Gasteiger partial charge in [0.1, 0.15) is 10.8 Å². The van der Waals surface area contributed by atoms with Gasteiger partial charge in [-0.3, -0.25) is 10.1 Å². The SMILES string of the molecule is Cc1nnc(NC(=O)[C@@H](C)Sc2nnc(-c3cccc(F)c3)n2C)s1. The summed E-state index contributed by atoms with van der Waals surface area (Å²) in [6.45, 7) is 3.59. The van der Waals surface area contributed by atoms with Gasteiger partial charge in [-0.1, -0.05) is 35.2 Å². The van der Waals surface area contributed by atoms with Crippen molar-refractivity contribution in [2.24, 2.45) is 7.05 Å². The molecule has 0 fully saturated rings. The lowest BCUT2D eigenvalue weighted by atomic mass is 10.2. The molecular weight excluding hydrogens is 363 g/mol. The van der Waals surface area contributed by atoms with E-state index in [4.69, 9.17) is 0 Å². The summed E-state index contributed by atoms with van der Waals surface area (Å²) in [4.78, 5) is 12.3. The molecule has 0 spiro atoms. The lowest BCUT2D eigenvalue weighted by molar-refractivity contribution is -0.115. The molecule has 0 aliphatic rings. The number of rotatable bonds is 5. The summed E-state index contributed by atoms with van der Waals surface area (Å²) < 4.78 is 15.1. The lowest BCUT2D eigenvalue weighted by Crippen LogP contribution is -2.22. The minimum absolute atomic E-state index is 0.198. The smallest absolute Gasteiger partial charge is 0.239 e. The quantitative estimate of drug-likeness (QED) is 0.687. The first-order valence-electron chi connectivity index (χ1n) is 7.37. The van der Waals surface area contributed by atoms with Crippen molar-refractivity contribution in [1.29, 1.82) is 0 Å². The fourth-order valence-corrected chi connectivity index (χ4v) is 3.47. The number of hydrogen-bond acceptors (Lipinski definition) is 7. The van der Waals surface area contributed by atoms with Crippen LogP contribution in [0.4, 0.5) is 9.52 Å². The zero-order valence-electron chi connectivity index (χ0n) is 13.7. The molecule has 0 aliphatic heterocycles. The van der Waals surface area contributed by atoms with Gasteiger partial charge >= 0.3 is 0 Å². The number of nitrogens with one attached hydrogen (secondary N) is 1. The van der Waals surface area contributed by atoms with Crippen LogP contribution in [-0.4, -0.2) is 36.1 Å². The summed E-state index contributed by atoms with van der Waals surface area (Å²) in [5.41, 5.74) is 0.628. The number of benzene rings is 1. The average Bonchev–Trinajstić information content (AvgIpc) is 3.14. The van der Waals surface area contributed by atoms with E-state index in [1.807, 2.05) is 6.92 Å². The molecule has 10 heteroatoms. The third-order valence-corrected chi connectivity index (χ3v) is 5.21. The molecule has 2 heterocycles. The molecule has 0 saturated carbocycles. The summed E-state index contributed by atoms with van der Waals surface area (Å²) in [7, 11) is 1.78. The van der Waals surface area contributed by atoms with E-state index in [0.29, 0.717) is 21.7 Å². The van der Waals surface area contributed by atoms with Crippen molar-refractivity contribution in [2.45, 2.75) is 24.3 Å². The number of nitrogens with zero attached hydrogens (tertiary/aromatic N) is 5. The Hall–Kier alpha value is -2.33. The zero-order chi connectivity index (χ0) is 18.0. The van der Waals surface area contributed by atoms with Gasteiger partial charge in [-0.05, 0) is 26.0 Å². The number of carbonyl (C=O) groups excluding carboxylic acids is 1. The van der Waals surface area contributed by atoms with Crippen LogP contribution in [-0.2, 0) is 11.8 Å². The highest BCUT2D eigenvalue weighted by Crippen LogP contribution is 2.26. The minimum atomic E-state index is -0.410. The van der Waals surface area contributed by atoms with Gasteiger partial charge in [0.15, 0.2) is 11.0 Å². The molecule has 25 heavy (non-hydrogen) atoms. The fourth-order valence-electron chi connectivity index (χ4n) is 2.06. The molecular formula is C15H15FN6OS2. The maximum absolute atomic E-state index is 13.4. The second-order valence-corrected chi connectivity index (χ2v) is 7.74. The third kappa shape index (κ3) is 4.02. The monoisotopic (exact) mass is 378 g/mol. The maximum Gasteiger partial charge on any atom is 0.239 e. The van der Waals surface area contributed by atoms with Crippen molar-refractivity contribution < 1.29 is 9.18 Å². The normalized spacial score (nSPS) is 12.2. The predicted octanol–water partition coefficient (Wildman–Crippen LogP) is 2.90. The molecule has 0 aliphatic carbocycles. The highest BCUT2D eigenvalue weighted by molar-refractivity contribution is 8.00. The van der Waals surface area contributed by atoms with Gasteiger partial charge in [0.05, 0.1) is 5.25 Å². The maximum atomic E-state index is 13.4. The summed E-state index contributed by atoms with van der Waals surface area (Å²) in [6.07, 6.45) is 0. The van der Waals surface area contributed by atoms with Crippen LogP contribution in [0.15, 0.2) is 29.4 Å². The van der Waals surface area contributed by atoms with Gasteiger partial charge in [0.2, 0.25) is 11.0 Å². The Morgan fingerprint density at radius 3 is 2.80 bits per heavy atom. The van der Waals surface area contributed by atoms with Crippen molar-refractivity contribution in [3.05, 3.63) is 35.1 Å². The summed E-state index contributed by atoms with van der Waals surface area (Å²) in [6, 6.07) is 6.14. The highest BCUT2D eigenvalue weighted by atomic mass is 32.2. The van der Waals surface area contributed by atoms with Crippen molar-refractivity contribution in [2.75, 3.05) is 5.32 Å². The molecule has 3 aromatic rings. The molecule has 3 rings (SSSR count). The van der Waals surface area contributed by atoms with Crippen LogP contribution < -0.4 is 5.32 Å². The molecule has 7 nitrogen and oxygen atoms in total. The number of aryl methyl sites for hydroxylation is 1. The molecule has 0 radical (unpaired) electrons. The van der Waals surface area contributed by atoms with Crippen LogP contribution in [0.1, 0.15) is 11.9 Å². The van der Waals surface area contributed by atoms with Gasteiger partial charge in [0.25, 0.3) is 0 Å². The van der Waals surface area contributed by atoms with Crippen LogP contribution in [0.5, 0.6) is 0 Å². The van der Waals surface area contributed by atoms with Crippen molar-refractivity contribution in [3.63, 3.8) is 0 Å². The first-order chi connectivity index (χ1) is 11.9. The van der Waals surface area contributed by atoms with E-state index in [-0.39, 0.29) is 11.7 Å². The van der Waals surface area contributed by atoms with Crippen LogP contribution in [0, 0.1) is 12.7 Å². The standard InChI is InChI=1S/C15H15FN6OS2/c1-8(13(23)17-14-20-18-9(2)25-14)24-15-21-19-12(22(15)3)10-5-4-6-11(16)7-10/h4-8H,1-3H3,(H,17,20,23)/t8-/m1/s1. The van der Waals surface area contributed by atoms with Crippen LogP contribution >= 0.6 is 23.1 Å². The number of hydrogen-bond donors (Lipinski definition) is 1. The molecule has 0 bridgehead atoms. The first kappa shape index (κ1) is 17.5. The first-order valence-corrected chi connectivity index (χ1v) is 9.06. The summed E-state index contributed by atoms with van der Waals surface area (Å²) in [5.74, 6) is 0.000566. The van der Waals surface area contributed by atoms with E-state index >= 15 is 0 Å². The number of anilines is 1. The number of halogens is 1. The molecule has 1 amide bonds. The second kappa shape index (κ2) is 7.28. The number of aromatic nitrogens is 5. The second-order valence-electron chi connectivity index (χ2n) is 5.25. The van der Waals surface area contributed by atoms with E-state index in [9.17, 15) is 9.18 Å². The predicted molar refractivity (Wildman–Crippen MR) is 95.0 cm³/mol.